The van der Waals surface area contributed by atoms with Crippen molar-refractivity contribution in [1.82, 2.24) is 9.97 Å². The number of anilines is 1. The number of rotatable bonds is 2. The Kier molecular flexibility index (Phi) is 4.80. The number of aryl methyl sites for hydroxylation is 1. The largest absolute Gasteiger partial charge is 0.505 e. The van der Waals surface area contributed by atoms with E-state index in [1.54, 1.807) is 0 Å². The lowest BCUT2D eigenvalue weighted by Crippen LogP contribution is -2.55. The molecule has 1 aliphatic carbocycles. The molecule has 0 aliphatic heterocycles. The Hall–Kier alpha value is -3.01. The fraction of sp³-hybridized carbons (Fsp3) is 0.333. The number of aliphatic hydroxyl groups is 1. The van der Waals surface area contributed by atoms with Gasteiger partial charge in [0.25, 0.3) is 0 Å². The van der Waals surface area contributed by atoms with Gasteiger partial charge in [0.1, 0.15) is 17.2 Å². The van der Waals surface area contributed by atoms with Crippen molar-refractivity contribution in [3.63, 3.8) is 0 Å². The number of fused-ring (bicyclic) bond motifs is 2. The van der Waals surface area contributed by atoms with Crippen molar-refractivity contribution in [2.75, 3.05) is 5.32 Å². The molecule has 5 nitrogen and oxygen atoms in total. The maximum Gasteiger partial charge on any atom is 0.419 e. The van der Waals surface area contributed by atoms with Gasteiger partial charge in [-0.3, -0.25) is 0 Å². The van der Waals surface area contributed by atoms with E-state index in [1.807, 2.05) is 0 Å². The van der Waals surface area contributed by atoms with E-state index in [2.05, 4.69) is 15.3 Å². The lowest BCUT2D eigenvalue weighted by atomic mass is 9.70. The van der Waals surface area contributed by atoms with Gasteiger partial charge in [-0.15, -0.1) is 0 Å². The quantitative estimate of drug-likeness (QED) is 0.497. The van der Waals surface area contributed by atoms with E-state index in [-0.39, 0.29) is 33.5 Å². The summed E-state index contributed by atoms with van der Waals surface area (Å²) in [6, 6.07) is 2.39. The van der Waals surface area contributed by atoms with Gasteiger partial charge in [0, 0.05) is 22.8 Å². The average Bonchev–Trinajstić information content (AvgIpc) is 2.68. The molecular formula is C21H18F5N3O2. The maximum absolute atomic E-state index is 14.2. The molecule has 1 aliphatic rings. The number of nitrogens with one attached hydrogen (secondary N) is 1. The normalized spacial score (nSPS) is 23.6. The number of benzene rings is 2. The highest BCUT2D eigenvalue weighted by molar-refractivity contribution is 5.91. The summed E-state index contributed by atoms with van der Waals surface area (Å²) in [7, 11) is 0. The van der Waals surface area contributed by atoms with Crippen LogP contribution in [0.25, 0.3) is 10.9 Å². The first-order chi connectivity index (χ1) is 14.4. The van der Waals surface area contributed by atoms with E-state index in [0.29, 0.717) is 0 Å². The molecule has 3 aromatic rings. The van der Waals surface area contributed by atoms with Crippen molar-refractivity contribution in [3.8, 4) is 5.75 Å². The number of nitrogens with zero attached hydrogens (tertiary/aromatic N) is 2. The third-order valence-electron chi connectivity index (χ3n) is 5.71. The van der Waals surface area contributed by atoms with Gasteiger partial charge in [-0.2, -0.15) is 13.2 Å². The van der Waals surface area contributed by atoms with Crippen LogP contribution in [0, 0.1) is 18.6 Å². The van der Waals surface area contributed by atoms with E-state index < -0.39 is 47.5 Å². The SMILES string of the molecule is Cc1ncc2c(N[C@H]3c4ccc(F)c(O)c4[C@H](C)C[C@]3(O)C(F)(F)F)ccc(F)c2n1. The van der Waals surface area contributed by atoms with Crippen LogP contribution in [0.4, 0.5) is 27.6 Å². The smallest absolute Gasteiger partial charge is 0.419 e. The Morgan fingerprint density at radius 2 is 1.81 bits per heavy atom. The van der Waals surface area contributed by atoms with Crippen LogP contribution in [0.3, 0.4) is 0 Å². The van der Waals surface area contributed by atoms with Crippen LogP contribution in [0.2, 0.25) is 0 Å². The topological polar surface area (TPSA) is 78.3 Å². The molecule has 1 aromatic heterocycles. The predicted molar refractivity (Wildman–Crippen MR) is 103 cm³/mol. The standard InChI is InChI=1S/C21H18F5N3O2/c1-9-7-20(31,21(24,25)26)19(11-3-4-14(23)18(30)16(9)11)29-15-6-5-13(22)17-12(15)8-27-10(2)28-17/h3-6,8-9,19,29-31H,7H2,1-2H3/t9-,19+,20-/m1/s1. The van der Waals surface area contributed by atoms with Crippen molar-refractivity contribution < 1.29 is 32.2 Å². The van der Waals surface area contributed by atoms with E-state index >= 15 is 0 Å². The summed E-state index contributed by atoms with van der Waals surface area (Å²) in [5.41, 5.74) is -3.42. The number of hydrogen-bond acceptors (Lipinski definition) is 5. The molecule has 2 aromatic carbocycles. The fourth-order valence-electron chi connectivity index (χ4n) is 4.24. The fourth-order valence-corrected chi connectivity index (χ4v) is 4.24. The summed E-state index contributed by atoms with van der Waals surface area (Å²) in [6.45, 7) is 2.91. The first kappa shape index (κ1) is 21.2. The van der Waals surface area contributed by atoms with Crippen molar-refractivity contribution in [1.29, 1.82) is 0 Å². The first-order valence-corrected chi connectivity index (χ1v) is 9.43. The highest BCUT2D eigenvalue weighted by Crippen LogP contribution is 2.54. The lowest BCUT2D eigenvalue weighted by molar-refractivity contribution is -0.272. The monoisotopic (exact) mass is 439 g/mol. The molecule has 0 saturated carbocycles. The number of phenolic OH excluding ortho intramolecular Hbond substituents is 1. The molecule has 0 radical (unpaired) electrons. The molecule has 0 bridgehead atoms. The molecule has 0 spiro atoms. The van der Waals surface area contributed by atoms with Crippen molar-refractivity contribution in [3.05, 3.63) is 59.0 Å². The maximum atomic E-state index is 14.2. The minimum atomic E-state index is -5.05. The number of phenols is 1. The molecule has 10 heteroatoms. The highest BCUT2D eigenvalue weighted by Gasteiger charge is 2.62. The third-order valence-corrected chi connectivity index (χ3v) is 5.71. The summed E-state index contributed by atoms with van der Waals surface area (Å²) in [5.74, 6) is -3.13. The third kappa shape index (κ3) is 3.25. The summed E-state index contributed by atoms with van der Waals surface area (Å²) < 4.78 is 70.3. The molecule has 0 unspecified atom stereocenters. The number of halogens is 5. The number of hydrogen-bond donors (Lipinski definition) is 3. The van der Waals surface area contributed by atoms with Crippen LogP contribution in [-0.2, 0) is 0 Å². The van der Waals surface area contributed by atoms with E-state index in [1.165, 1.54) is 26.1 Å². The van der Waals surface area contributed by atoms with Crippen molar-refractivity contribution in [2.45, 2.75) is 44.0 Å². The van der Waals surface area contributed by atoms with Gasteiger partial charge in [0.2, 0.25) is 0 Å². The minimum Gasteiger partial charge on any atom is -0.505 e. The van der Waals surface area contributed by atoms with Gasteiger partial charge >= 0.3 is 6.18 Å². The lowest BCUT2D eigenvalue weighted by Gasteiger charge is -2.45. The Bertz CT molecular complexity index is 1180. The van der Waals surface area contributed by atoms with Crippen LogP contribution in [0.1, 0.15) is 42.3 Å². The van der Waals surface area contributed by atoms with E-state index in [9.17, 15) is 32.2 Å². The molecule has 4 rings (SSSR count). The Morgan fingerprint density at radius 3 is 2.48 bits per heavy atom. The summed E-state index contributed by atoms with van der Waals surface area (Å²) in [5, 5.41) is 23.7. The minimum absolute atomic E-state index is 0.0232. The zero-order valence-electron chi connectivity index (χ0n) is 16.4. The highest BCUT2D eigenvalue weighted by atomic mass is 19.4. The van der Waals surface area contributed by atoms with Crippen LogP contribution >= 0.6 is 0 Å². The van der Waals surface area contributed by atoms with Crippen molar-refractivity contribution >= 4 is 16.6 Å². The molecule has 164 valence electrons. The molecule has 31 heavy (non-hydrogen) atoms. The molecule has 3 N–H and O–H groups in total. The van der Waals surface area contributed by atoms with Crippen LogP contribution in [-0.4, -0.2) is 32.0 Å². The molecule has 0 saturated heterocycles. The molecule has 0 amide bonds. The second kappa shape index (κ2) is 7.01. The zero-order valence-corrected chi connectivity index (χ0v) is 16.4. The Labute approximate surface area is 173 Å². The Balaban J connectivity index is 1.93. The van der Waals surface area contributed by atoms with Crippen molar-refractivity contribution in [2.24, 2.45) is 0 Å². The average molecular weight is 439 g/mol. The van der Waals surface area contributed by atoms with Crippen LogP contribution < -0.4 is 5.32 Å². The van der Waals surface area contributed by atoms with Gasteiger partial charge in [0.15, 0.2) is 17.2 Å². The second-order valence-corrected chi connectivity index (χ2v) is 7.78. The first-order valence-electron chi connectivity index (χ1n) is 9.43. The second-order valence-electron chi connectivity index (χ2n) is 7.78. The van der Waals surface area contributed by atoms with Gasteiger partial charge in [0.05, 0.1) is 6.04 Å². The van der Waals surface area contributed by atoms with E-state index in [0.717, 1.165) is 18.2 Å². The number of alkyl halides is 3. The summed E-state index contributed by atoms with van der Waals surface area (Å²) in [6.07, 6.45) is -4.60. The number of aromatic nitrogens is 2. The van der Waals surface area contributed by atoms with Gasteiger partial charge in [-0.1, -0.05) is 13.0 Å². The van der Waals surface area contributed by atoms with Crippen LogP contribution in [0.5, 0.6) is 5.75 Å². The molecule has 3 atom stereocenters. The molecular weight excluding hydrogens is 421 g/mol. The Morgan fingerprint density at radius 1 is 1.13 bits per heavy atom. The number of aromatic hydroxyl groups is 1. The molecule has 0 fully saturated rings. The van der Waals surface area contributed by atoms with Gasteiger partial charge < -0.3 is 15.5 Å². The zero-order chi connectivity index (χ0) is 22.7. The molecule has 1 heterocycles. The summed E-state index contributed by atoms with van der Waals surface area (Å²) >= 11 is 0. The van der Waals surface area contributed by atoms with E-state index in [4.69, 9.17) is 0 Å². The van der Waals surface area contributed by atoms with Gasteiger partial charge in [-0.25, -0.2) is 18.7 Å². The summed E-state index contributed by atoms with van der Waals surface area (Å²) in [4.78, 5) is 7.97. The predicted octanol–water partition coefficient (Wildman–Crippen LogP) is 4.88. The van der Waals surface area contributed by atoms with Crippen LogP contribution in [0.15, 0.2) is 30.5 Å². The van der Waals surface area contributed by atoms with Gasteiger partial charge in [-0.05, 0) is 43.0 Å².